The summed E-state index contributed by atoms with van der Waals surface area (Å²) in [6.45, 7) is 3.28. The molecule has 9 nitrogen and oxygen atoms in total. The fourth-order valence-electron chi connectivity index (χ4n) is 3.00. The lowest BCUT2D eigenvalue weighted by Crippen LogP contribution is -2.36. The number of aromatic amines is 1. The van der Waals surface area contributed by atoms with Gasteiger partial charge in [0.1, 0.15) is 11.6 Å². The number of nitrogens with two attached hydrogens (primary N) is 1. The van der Waals surface area contributed by atoms with E-state index in [9.17, 15) is 31.9 Å². The fraction of sp³-hybridized carbons (Fsp3) is 0.150. The summed E-state index contributed by atoms with van der Waals surface area (Å²) >= 11 is 0.857. The van der Waals surface area contributed by atoms with Gasteiger partial charge in [-0.3, -0.25) is 24.1 Å². The van der Waals surface area contributed by atoms with E-state index in [0.29, 0.717) is 6.07 Å². The number of nitrogen functional groups attached to an aromatic ring is 1. The van der Waals surface area contributed by atoms with E-state index in [1.807, 2.05) is 0 Å². The molecule has 0 aliphatic heterocycles. The molecule has 0 aliphatic carbocycles. The number of carbonyl (C=O) groups is 1. The molecule has 34 heavy (non-hydrogen) atoms. The first-order valence-electron chi connectivity index (χ1n) is 9.29. The third-order valence-electron chi connectivity index (χ3n) is 4.58. The molecule has 3 rings (SSSR count). The minimum absolute atomic E-state index is 0.0231. The van der Waals surface area contributed by atoms with Crippen LogP contribution in [-0.4, -0.2) is 27.2 Å². The van der Waals surface area contributed by atoms with E-state index in [4.69, 9.17) is 5.73 Å². The fourth-order valence-corrected chi connectivity index (χ4v) is 3.72. The topological polar surface area (TPSA) is 135 Å². The van der Waals surface area contributed by atoms with Crippen LogP contribution in [0.1, 0.15) is 17.5 Å². The Bertz CT molecular complexity index is 1420. The zero-order valence-electron chi connectivity index (χ0n) is 17.4. The van der Waals surface area contributed by atoms with E-state index in [1.54, 1.807) is 0 Å². The molecule has 14 heteroatoms. The number of hydrogen-bond donors (Lipinski definition) is 3. The quantitative estimate of drug-likeness (QED) is 0.356. The lowest BCUT2D eigenvalue weighted by atomic mass is 10.1. The van der Waals surface area contributed by atoms with E-state index in [1.165, 1.54) is 12.4 Å². The molecule has 0 saturated heterocycles. The van der Waals surface area contributed by atoms with Gasteiger partial charge in [0.25, 0.3) is 5.56 Å². The highest BCUT2D eigenvalue weighted by Crippen LogP contribution is 2.36. The van der Waals surface area contributed by atoms with Gasteiger partial charge in [0.15, 0.2) is 5.13 Å². The highest BCUT2D eigenvalue weighted by Gasteiger charge is 2.35. The average Bonchev–Trinajstić information content (AvgIpc) is 3.19. The average molecular weight is 496 g/mol. The van der Waals surface area contributed by atoms with Crippen molar-refractivity contribution in [3.63, 3.8) is 0 Å². The minimum atomic E-state index is -4.88. The third kappa shape index (κ3) is 4.96. The lowest BCUT2D eigenvalue weighted by Gasteiger charge is -2.10. The summed E-state index contributed by atoms with van der Waals surface area (Å²) in [5.41, 5.74) is 2.20. The van der Waals surface area contributed by atoms with Crippen molar-refractivity contribution < 1.29 is 22.4 Å². The number of aromatic nitrogens is 3. The molecule has 1 amide bonds. The van der Waals surface area contributed by atoms with Gasteiger partial charge in [0, 0.05) is 24.2 Å². The van der Waals surface area contributed by atoms with E-state index < -0.39 is 41.1 Å². The van der Waals surface area contributed by atoms with Crippen LogP contribution >= 0.6 is 11.3 Å². The van der Waals surface area contributed by atoms with Gasteiger partial charge in [0.2, 0.25) is 5.91 Å². The molecule has 0 fully saturated rings. The second-order valence-electron chi connectivity index (χ2n) is 6.85. The van der Waals surface area contributed by atoms with Crippen molar-refractivity contribution in [1.29, 1.82) is 0 Å². The van der Waals surface area contributed by atoms with E-state index in [0.717, 1.165) is 34.2 Å². The predicted molar refractivity (Wildman–Crippen MR) is 120 cm³/mol. The number of benzene rings is 1. The maximum absolute atomic E-state index is 14.4. The maximum atomic E-state index is 14.4. The van der Waals surface area contributed by atoms with Crippen LogP contribution in [-0.2, 0) is 18.0 Å². The number of H-pyrrole nitrogens is 1. The Morgan fingerprint density at radius 2 is 2.09 bits per heavy atom. The number of alkyl halides is 3. The normalized spacial score (nSPS) is 12.0. The zero-order valence-corrected chi connectivity index (χ0v) is 18.2. The van der Waals surface area contributed by atoms with Gasteiger partial charge in [-0.2, -0.15) is 13.2 Å². The van der Waals surface area contributed by atoms with Crippen LogP contribution in [0.15, 0.2) is 44.4 Å². The van der Waals surface area contributed by atoms with Gasteiger partial charge in [-0.15, -0.1) is 11.3 Å². The van der Waals surface area contributed by atoms with Gasteiger partial charge in [-0.25, -0.2) is 14.2 Å². The van der Waals surface area contributed by atoms with Crippen molar-refractivity contribution in [2.45, 2.75) is 12.6 Å². The molecular formula is C20H16F4N6O3S. The summed E-state index contributed by atoms with van der Waals surface area (Å²) in [6.07, 6.45) is -4.19. The lowest BCUT2D eigenvalue weighted by molar-refractivity contribution is -0.139. The highest BCUT2D eigenvalue weighted by molar-refractivity contribution is 7.14. The molecular weight excluding hydrogens is 480 g/mol. The smallest absolute Gasteiger partial charge is 0.384 e. The van der Waals surface area contributed by atoms with Crippen LogP contribution in [0, 0.1) is 5.82 Å². The Morgan fingerprint density at radius 3 is 2.74 bits per heavy atom. The van der Waals surface area contributed by atoms with Gasteiger partial charge in [-0.1, -0.05) is 6.07 Å². The van der Waals surface area contributed by atoms with E-state index in [-0.39, 0.29) is 33.3 Å². The van der Waals surface area contributed by atoms with Crippen molar-refractivity contribution in [3.05, 3.63) is 67.6 Å². The number of aliphatic imine (C=N–C) groups is 1. The van der Waals surface area contributed by atoms with Crippen molar-refractivity contribution in [3.8, 4) is 11.3 Å². The van der Waals surface area contributed by atoms with Crippen molar-refractivity contribution >= 4 is 40.5 Å². The number of nitrogens with one attached hydrogen (secondary N) is 2. The Hall–Kier alpha value is -4.07. The second-order valence-corrected chi connectivity index (χ2v) is 7.71. The summed E-state index contributed by atoms with van der Waals surface area (Å²) in [5, 5.41) is 3.68. The van der Waals surface area contributed by atoms with Crippen molar-refractivity contribution in [2.24, 2.45) is 12.0 Å². The van der Waals surface area contributed by atoms with Gasteiger partial charge in [-0.05, 0) is 24.4 Å². The number of anilines is 2. The monoisotopic (exact) mass is 496 g/mol. The first-order valence-corrected chi connectivity index (χ1v) is 10.2. The second kappa shape index (κ2) is 9.43. The molecule has 2 heterocycles. The Kier molecular flexibility index (Phi) is 6.81. The SMILES string of the molecule is C=N/C=C(/CC(=O)Nc1nc(-c2cccc(C(F)(F)F)c2F)cs1)c1c(N)[nH]c(=O)n(C)c1=O. The predicted octanol–water partition coefficient (Wildman–Crippen LogP) is 3.01. The zero-order chi connectivity index (χ0) is 25.2. The van der Waals surface area contributed by atoms with Crippen molar-refractivity contribution in [1.82, 2.24) is 14.5 Å². The molecule has 0 atom stereocenters. The van der Waals surface area contributed by atoms with Crippen LogP contribution in [0.5, 0.6) is 0 Å². The number of rotatable bonds is 6. The number of thiazole rings is 1. The number of hydrogen-bond acceptors (Lipinski definition) is 7. The van der Waals surface area contributed by atoms with Crippen LogP contribution < -0.4 is 22.3 Å². The highest BCUT2D eigenvalue weighted by atomic mass is 32.1. The molecule has 4 N–H and O–H groups in total. The largest absolute Gasteiger partial charge is 0.419 e. The summed E-state index contributed by atoms with van der Waals surface area (Å²) in [4.78, 5) is 46.5. The molecule has 1 aromatic carbocycles. The summed E-state index contributed by atoms with van der Waals surface area (Å²) in [5.74, 6) is -2.44. The molecule has 0 spiro atoms. The molecule has 3 aromatic rings. The van der Waals surface area contributed by atoms with Crippen LogP contribution in [0.25, 0.3) is 16.8 Å². The Morgan fingerprint density at radius 1 is 1.38 bits per heavy atom. The number of halogens is 4. The molecule has 0 aliphatic rings. The first-order chi connectivity index (χ1) is 15.9. The van der Waals surface area contributed by atoms with Gasteiger partial charge >= 0.3 is 11.9 Å². The van der Waals surface area contributed by atoms with Crippen LogP contribution in [0.3, 0.4) is 0 Å². The summed E-state index contributed by atoms with van der Waals surface area (Å²) in [7, 11) is 1.22. The maximum Gasteiger partial charge on any atom is 0.419 e. The number of nitrogens with zero attached hydrogens (tertiary/aromatic N) is 3. The summed E-state index contributed by atoms with van der Waals surface area (Å²) < 4.78 is 54.0. The minimum Gasteiger partial charge on any atom is -0.384 e. The number of amides is 1. The van der Waals surface area contributed by atoms with Crippen LogP contribution in [0.4, 0.5) is 28.5 Å². The van der Waals surface area contributed by atoms with Gasteiger partial charge < -0.3 is 11.1 Å². The molecule has 2 aromatic heterocycles. The molecule has 0 unspecified atom stereocenters. The molecule has 0 bridgehead atoms. The summed E-state index contributed by atoms with van der Waals surface area (Å²) in [6, 6.07) is 2.80. The Labute approximate surface area is 192 Å². The third-order valence-corrected chi connectivity index (χ3v) is 5.34. The first kappa shape index (κ1) is 24.6. The van der Waals surface area contributed by atoms with E-state index >= 15 is 0 Å². The van der Waals surface area contributed by atoms with E-state index in [2.05, 4.69) is 27.0 Å². The Balaban J connectivity index is 1.85. The van der Waals surface area contributed by atoms with Gasteiger partial charge in [0.05, 0.1) is 23.2 Å². The standard InChI is InChI=1S/C20H16F4N6O3S/c1-26-7-9(14-16(25)29-19(33)30(2)17(14)32)6-13(31)28-18-27-12(8-34-18)10-4-3-5-11(15(10)21)20(22,23)24/h3-5,7-8H,1,6,25H2,2H3,(H,29,33)(H,27,28,31)/b9-7-. The number of carbonyl (C=O) groups excluding carboxylic acids is 1. The molecule has 178 valence electrons. The molecule has 0 radical (unpaired) electrons. The van der Waals surface area contributed by atoms with Crippen molar-refractivity contribution in [2.75, 3.05) is 11.1 Å². The molecule has 0 saturated carbocycles. The van der Waals surface area contributed by atoms with Crippen LogP contribution in [0.2, 0.25) is 0 Å².